The fourth-order valence-electron chi connectivity index (χ4n) is 3.49. The van der Waals surface area contributed by atoms with Gasteiger partial charge >= 0.3 is 0 Å². The van der Waals surface area contributed by atoms with Crippen molar-refractivity contribution in [3.8, 4) is 0 Å². The molecule has 8 heteroatoms. The lowest BCUT2D eigenvalue weighted by Gasteiger charge is -2.32. The van der Waals surface area contributed by atoms with Gasteiger partial charge in [-0.25, -0.2) is 9.97 Å². The molecule has 0 bridgehead atoms. The number of hydrogen-bond acceptors (Lipinski definition) is 6. The van der Waals surface area contributed by atoms with Gasteiger partial charge in [0.25, 0.3) is 0 Å². The van der Waals surface area contributed by atoms with Crippen LogP contribution in [0.2, 0.25) is 0 Å². The number of likely N-dealkylation sites (tertiary alicyclic amines) is 1. The second kappa shape index (κ2) is 8.18. The average Bonchev–Trinajstić information content (AvgIpc) is 2.85. The molecular weight excluding hydrogens is 353 g/mol. The third-order valence-electron chi connectivity index (χ3n) is 4.42. The molecule has 0 aliphatic carbocycles. The lowest BCUT2D eigenvalue weighted by molar-refractivity contribution is -0.114. The van der Waals surface area contributed by atoms with Crippen LogP contribution in [0.25, 0.3) is 0 Å². The van der Waals surface area contributed by atoms with Crippen LogP contribution < -0.4 is 5.32 Å². The molecule has 0 radical (unpaired) electrons. The van der Waals surface area contributed by atoms with E-state index in [0.29, 0.717) is 22.5 Å². The van der Waals surface area contributed by atoms with Crippen molar-refractivity contribution in [2.75, 3.05) is 18.4 Å². The Kier molecular flexibility index (Phi) is 5.93. The van der Waals surface area contributed by atoms with Gasteiger partial charge in [-0.05, 0) is 51.6 Å². The monoisotopic (exact) mass is 377 g/mol. The summed E-state index contributed by atoms with van der Waals surface area (Å²) in [6.45, 7) is 7.69. The summed E-state index contributed by atoms with van der Waals surface area (Å²) in [5.41, 5.74) is 2.08. The molecule has 3 rings (SSSR count). The Balaban J connectivity index is 1.61. The summed E-state index contributed by atoms with van der Waals surface area (Å²) in [6, 6.07) is 2.05. The van der Waals surface area contributed by atoms with Gasteiger partial charge in [0, 0.05) is 31.4 Å². The molecule has 1 saturated heterocycles. The van der Waals surface area contributed by atoms with E-state index in [1.807, 2.05) is 13.8 Å². The van der Waals surface area contributed by atoms with Crippen LogP contribution in [0, 0.1) is 25.7 Å². The molecule has 1 aliphatic rings. The number of rotatable bonds is 5. The first-order valence-corrected chi connectivity index (χ1v) is 9.67. The zero-order valence-corrected chi connectivity index (χ0v) is 16.2. The molecule has 140 valence electrons. The fraction of sp³-hybridized carbons (Fsp3) is 0.556. The summed E-state index contributed by atoms with van der Waals surface area (Å²) >= 11 is 1.21. The number of aryl methyl sites for hydroxylation is 2. The van der Waals surface area contributed by atoms with Crippen molar-refractivity contribution in [3.63, 3.8) is 0 Å². The minimum absolute atomic E-state index is 0.237. The number of piperidine rings is 1. The highest BCUT2D eigenvalue weighted by Crippen LogP contribution is 2.27. The van der Waals surface area contributed by atoms with Crippen LogP contribution in [0.5, 0.6) is 0 Å². The molecule has 0 spiro atoms. The number of anilines is 1. The Bertz CT molecular complexity index is 774. The van der Waals surface area contributed by atoms with Crippen LogP contribution in [0.3, 0.4) is 0 Å². The van der Waals surface area contributed by atoms with Crippen molar-refractivity contribution in [1.82, 2.24) is 19.9 Å². The van der Waals surface area contributed by atoms with Gasteiger partial charge < -0.3 is 5.32 Å². The van der Waals surface area contributed by atoms with Crippen molar-refractivity contribution < 1.29 is 9.18 Å². The molecule has 1 aliphatic heterocycles. The first-order chi connectivity index (χ1) is 12.4. The van der Waals surface area contributed by atoms with E-state index < -0.39 is 5.95 Å². The minimum atomic E-state index is -0.483. The summed E-state index contributed by atoms with van der Waals surface area (Å²) in [4.78, 5) is 26.6. The topological polar surface area (TPSA) is 71.0 Å². The molecule has 1 amide bonds. The summed E-state index contributed by atoms with van der Waals surface area (Å²) in [6.07, 6.45) is 3.16. The number of halogens is 1. The van der Waals surface area contributed by atoms with E-state index in [1.54, 1.807) is 0 Å². The van der Waals surface area contributed by atoms with Gasteiger partial charge in [-0.2, -0.15) is 9.37 Å². The molecule has 0 saturated carbocycles. The van der Waals surface area contributed by atoms with E-state index in [-0.39, 0.29) is 5.91 Å². The number of carbonyl (C=O) groups excluding carboxylic acids is 1. The van der Waals surface area contributed by atoms with Gasteiger partial charge in [0.2, 0.25) is 11.9 Å². The first-order valence-electron chi connectivity index (χ1n) is 8.85. The largest absolute Gasteiger partial charge is 0.302 e. The number of hydrogen-bond donors (Lipinski definition) is 1. The maximum absolute atomic E-state index is 14.1. The number of thiazole rings is 1. The Morgan fingerprint density at radius 3 is 2.92 bits per heavy atom. The second-order valence-electron chi connectivity index (χ2n) is 6.91. The molecule has 1 fully saturated rings. The third-order valence-corrected chi connectivity index (χ3v) is 5.35. The number of nitrogens with one attached hydrogen (secondary N) is 1. The Labute approximate surface area is 156 Å². The standard InChI is InChI=1S/C18H24FN5OS/c1-11-7-15(21-12(2)20-11)8-14-5-4-6-24(9-14)10-16-17(19)23-18(26-16)22-13(3)25/h7,14H,4-6,8-10H2,1-3H3,(H,22,23,25)/t14-/m1/s1. The number of amides is 1. The summed E-state index contributed by atoms with van der Waals surface area (Å²) < 4.78 is 14.1. The number of carbonyl (C=O) groups is 1. The van der Waals surface area contributed by atoms with Gasteiger partial charge in [0.15, 0.2) is 5.13 Å². The maximum Gasteiger partial charge on any atom is 0.230 e. The first kappa shape index (κ1) is 18.8. The Hall–Kier alpha value is -1.93. The van der Waals surface area contributed by atoms with E-state index in [2.05, 4.69) is 31.2 Å². The Morgan fingerprint density at radius 2 is 2.19 bits per heavy atom. The molecule has 3 heterocycles. The molecule has 1 atom stereocenters. The van der Waals surface area contributed by atoms with Crippen molar-refractivity contribution in [2.45, 2.75) is 46.6 Å². The predicted molar refractivity (Wildman–Crippen MR) is 99.6 cm³/mol. The van der Waals surface area contributed by atoms with E-state index in [0.717, 1.165) is 49.6 Å². The van der Waals surface area contributed by atoms with Gasteiger partial charge in [-0.1, -0.05) is 11.3 Å². The zero-order chi connectivity index (χ0) is 18.7. The van der Waals surface area contributed by atoms with E-state index in [4.69, 9.17) is 0 Å². The van der Waals surface area contributed by atoms with Crippen molar-refractivity contribution >= 4 is 22.4 Å². The molecule has 26 heavy (non-hydrogen) atoms. The molecule has 2 aromatic heterocycles. The number of nitrogens with zero attached hydrogens (tertiary/aromatic N) is 4. The van der Waals surface area contributed by atoms with Crippen LogP contribution in [-0.4, -0.2) is 38.8 Å². The maximum atomic E-state index is 14.1. The van der Waals surface area contributed by atoms with E-state index >= 15 is 0 Å². The van der Waals surface area contributed by atoms with Crippen LogP contribution in [0.15, 0.2) is 6.07 Å². The second-order valence-corrected chi connectivity index (χ2v) is 7.99. The SMILES string of the molecule is CC(=O)Nc1nc(F)c(CN2CCC[C@H](Cc3cc(C)nc(C)n3)C2)s1. The van der Waals surface area contributed by atoms with Gasteiger partial charge in [0.1, 0.15) is 5.82 Å². The van der Waals surface area contributed by atoms with Crippen molar-refractivity contribution in [2.24, 2.45) is 5.92 Å². The van der Waals surface area contributed by atoms with Crippen LogP contribution in [0.1, 0.15) is 41.9 Å². The molecule has 6 nitrogen and oxygen atoms in total. The molecular formula is C18H24FN5OS. The average molecular weight is 377 g/mol. The molecule has 1 N–H and O–H groups in total. The highest BCUT2D eigenvalue weighted by atomic mass is 32.1. The van der Waals surface area contributed by atoms with E-state index in [1.165, 1.54) is 18.3 Å². The van der Waals surface area contributed by atoms with Crippen LogP contribution in [0.4, 0.5) is 9.52 Å². The normalized spacial score (nSPS) is 18.1. The highest BCUT2D eigenvalue weighted by Gasteiger charge is 2.23. The zero-order valence-electron chi connectivity index (χ0n) is 15.4. The molecule has 2 aromatic rings. The lowest BCUT2D eigenvalue weighted by atomic mass is 9.93. The Morgan fingerprint density at radius 1 is 1.38 bits per heavy atom. The molecule has 0 unspecified atom stereocenters. The summed E-state index contributed by atoms with van der Waals surface area (Å²) in [7, 11) is 0. The van der Waals surface area contributed by atoms with Crippen LogP contribution >= 0.6 is 11.3 Å². The lowest BCUT2D eigenvalue weighted by Crippen LogP contribution is -2.35. The quantitative estimate of drug-likeness (QED) is 0.867. The van der Waals surface area contributed by atoms with E-state index in [9.17, 15) is 9.18 Å². The smallest absolute Gasteiger partial charge is 0.230 e. The van der Waals surface area contributed by atoms with Crippen molar-refractivity contribution in [3.05, 3.63) is 34.1 Å². The van der Waals surface area contributed by atoms with Crippen LogP contribution in [-0.2, 0) is 17.8 Å². The summed E-state index contributed by atoms with van der Waals surface area (Å²) in [5.74, 6) is 0.592. The minimum Gasteiger partial charge on any atom is -0.302 e. The number of aromatic nitrogens is 3. The van der Waals surface area contributed by atoms with Gasteiger partial charge in [-0.3, -0.25) is 9.69 Å². The highest BCUT2D eigenvalue weighted by molar-refractivity contribution is 7.15. The summed E-state index contributed by atoms with van der Waals surface area (Å²) in [5, 5.41) is 2.88. The van der Waals surface area contributed by atoms with Gasteiger partial charge in [0.05, 0.1) is 4.88 Å². The fourth-order valence-corrected chi connectivity index (χ4v) is 4.42. The van der Waals surface area contributed by atoms with Gasteiger partial charge in [-0.15, -0.1) is 0 Å². The third kappa shape index (κ3) is 5.04. The van der Waals surface area contributed by atoms with Crippen molar-refractivity contribution in [1.29, 1.82) is 0 Å². The molecule has 0 aromatic carbocycles. The predicted octanol–water partition coefficient (Wildman–Crippen LogP) is 3.10.